The number of aromatic hydroxyl groups is 2. The average Bonchev–Trinajstić information content (AvgIpc) is 2.88. The molecule has 1 aromatic rings. The van der Waals surface area contributed by atoms with E-state index in [1.807, 2.05) is 36.5 Å². The minimum Gasteiger partial charge on any atom is -0.493 e. The van der Waals surface area contributed by atoms with Gasteiger partial charge in [0.25, 0.3) is 0 Å². The standard InChI is InChI=1S/C13H10N2O2/c16-10-7-11(17)15-13(14-10)12-8-5-3-1-2-4-6-9(8)12/h1-7,12H,(H2,14,15,16,17)/b2-1?,3-1-,4-2-,5-3?,6-4?,8-5+,9-6+. The molecule has 1 heterocycles. The molecule has 1 fully saturated rings. The highest BCUT2D eigenvalue weighted by Crippen LogP contribution is 2.52. The van der Waals surface area contributed by atoms with Gasteiger partial charge in [0.2, 0.25) is 11.8 Å². The summed E-state index contributed by atoms with van der Waals surface area (Å²) in [5.41, 5.74) is 2.24. The SMILES string of the molecule is Oc1cc(O)nc(C2C3=C/C=C\C=C/C=C\32)n1. The Morgan fingerprint density at radius 1 is 0.824 bits per heavy atom. The van der Waals surface area contributed by atoms with E-state index in [0.717, 1.165) is 17.2 Å². The van der Waals surface area contributed by atoms with Crippen LogP contribution in [-0.2, 0) is 0 Å². The fraction of sp³-hybridized carbons (Fsp3) is 0.0769. The molecule has 2 aliphatic carbocycles. The number of hydrogen-bond donors (Lipinski definition) is 2. The van der Waals surface area contributed by atoms with Crippen molar-refractivity contribution in [1.82, 2.24) is 9.97 Å². The van der Waals surface area contributed by atoms with Crippen molar-refractivity contribution < 1.29 is 10.2 Å². The average molecular weight is 226 g/mol. The monoisotopic (exact) mass is 226 g/mol. The summed E-state index contributed by atoms with van der Waals surface area (Å²) in [4.78, 5) is 7.87. The summed E-state index contributed by atoms with van der Waals surface area (Å²) in [6.07, 6.45) is 11.8. The molecule has 0 amide bonds. The summed E-state index contributed by atoms with van der Waals surface area (Å²) in [6, 6.07) is 1.12. The Morgan fingerprint density at radius 2 is 1.35 bits per heavy atom. The van der Waals surface area contributed by atoms with Crippen molar-refractivity contribution in [3.63, 3.8) is 0 Å². The van der Waals surface area contributed by atoms with Crippen LogP contribution < -0.4 is 0 Å². The number of fused-ring (bicyclic) bond motifs is 1. The van der Waals surface area contributed by atoms with Gasteiger partial charge in [-0.1, -0.05) is 36.5 Å². The minimum absolute atomic E-state index is 0.0135. The molecule has 3 rings (SSSR count). The predicted molar refractivity (Wildman–Crippen MR) is 62.5 cm³/mol. The zero-order chi connectivity index (χ0) is 11.8. The quantitative estimate of drug-likeness (QED) is 0.768. The molecule has 0 bridgehead atoms. The molecule has 2 N–H and O–H groups in total. The van der Waals surface area contributed by atoms with Crippen LogP contribution in [0.15, 0.2) is 53.7 Å². The summed E-state index contributed by atoms with van der Waals surface area (Å²) in [7, 11) is 0. The number of aromatic nitrogens is 2. The highest BCUT2D eigenvalue weighted by Gasteiger charge is 2.40. The third-order valence-electron chi connectivity index (χ3n) is 2.73. The Hall–Kier alpha value is -2.36. The van der Waals surface area contributed by atoms with E-state index in [4.69, 9.17) is 0 Å². The van der Waals surface area contributed by atoms with Gasteiger partial charge < -0.3 is 10.2 Å². The van der Waals surface area contributed by atoms with E-state index in [1.54, 1.807) is 0 Å². The highest BCUT2D eigenvalue weighted by atomic mass is 16.3. The maximum atomic E-state index is 9.34. The van der Waals surface area contributed by atoms with Crippen molar-refractivity contribution >= 4 is 0 Å². The zero-order valence-corrected chi connectivity index (χ0v) is 8.91. The van der Waals surface area contributed by atoms with Crippen LogP contribution in [0.1, 0.15) is 11.7 Å². The van der Waals surface area contributed by atoms with E-state index in [2.05, 4.69) is 9.97 Å². The molecule has 0 spiro atoms. The summed E-state index contributed by atoms with van der Waals surface area (Å²) in [5, 5.41) is 18.7. The van der Waals surface area contributed by atoms with Gasteiger partial charge in [0, 0.05) is 0 Å². The second kappa shape index (κ2) is 3.59. The third kappa shape index (κ3) is 1.73. The Labute approximate surface area is 98.0 Å². The van der Waals surface area contributed by atoms with Crippen LogP contribution in [0.3, 0.4) is 0 Å². The summed E-state index contributed by atoms with van der Waals surface area (Å²) < 4.78 is 0. The van der Waals surface area contributed by atoms with Gasteiger partial charge in [-0.05, 0) is 11.1 Å². The predicted octanol–water partition coefficient (Wildman–Crippen LogP) is 1.96. The maximum absolute atomic E-state index is 9.34. The number of rotatable bonds is 1. The van der Waals surface area contributed by atoms with Crippen LogP contribution in [0.2, 0.25) is 0 Å². The molecule has 17 heavy (non-hydrogen) atoms. The van der Waals surface area contributed by atoms with Crippen LogP contribution in [0.4, 0.5) is 0 Å². The molecular weight excluding hydrogens is 216 g/mol. The van der Waals surface area contributed by atoms with Gasteiger partial charge >= 0.3 is 0 Å². The van der Waals surface area contributed by atoms with Crippen LogP contribution in [0.5, 0.6) is 11.8 Å². The van der Waals surface area contributed by atoms with Gasteiger partial charge in [-0.25, -0.2) is 0 Å². The third-order valence-corrected chi connectivity index (χ3v) is 2.73. The van der Waals surface area contributed by atoms with E-state index in [1.165, 1.54) is 0 Å². The number of allylic oxidation sites excluding steroid dienone is 8. The Balaban J connectivity index is 2.02. The van der Waals surface area contributed by atoms with Crippen molar-refractivity contribution in [2.75, 3.05) is 0 Å². The van der Waals surface area contributed by atoms with E-state index in [0.29, 0.717) is 5.82 Å². The molecule has 0 aromatic carbocycles. The second-order valence-electron chi connectivity index (χ2n) is 3.89. The van der Waals surface area contributed by atoms with E-state index in [9.17, 15) is 10.2 Å². The molecule has 0 unspecified atom stereocenters. The molecule has 0 saturated heterocycles. The molecule has 84 valence electrons. The number of nitrogens with zero attached hydrogens (tertiary/aromatic N) is 2. The molecule has 0 aliphatic heterocycles. The topological polar surface area (TPSA) is 66.2 Å². The van der Waals surface area contributed by atoms with Gasteiger partial charge in [-0.3, -0.25) is 0 Å². The molecule has 1 aromatic heterocycles. The normalized spacial score (nSPS) is 30.9. The van der Waals surface area contributed by atoms with Gasteiger partial charge in [0.05, 0.1) is 12.0 Å². The van der Waals surface area contributed by atoms with Crippen LogP contribution in [0.25, 0.3) is 0 Å². The number of hydrogen-bond acceptors (Lipinski definition) is 4. The lowest BCUT2D eigenvalue weighted by Crippen LogP contribution is -1.91. The second-order valence-corrected chi connectivity index (χ2v) is 3.89. The molecule has 0 atom stereocenters. The van der Waals surface area contributed by atoms with Gasteiger partial charge in [0.15, 0.2) is 0 Å². The van der Waals surface area contributed by atoms with Crippen molar-refractivity contribution in [2.45, 2.75) is 5.92 Å². The first-order valence-corrected chi connectivity index (χ1v) is 5.28. The fourth-order valence-corrected chi connectivity index (χ4v) is 1.94. The first kappa shape index (κ1) is 9.84. The smallest absolute Gasteiger partial charge is 0.218 e. The fourth-order valence-electron chi connectivity index (χ4n) is 1.94. The van der Waals surface area contributed by atoms with Crippen LogP contribution >= 0.6 is 0 Å². The first-order valence-electron chi connectivity index (χ1n) is 5.28. The molecule has 2 aliphatic rings. The van der Waals surface area contributed by atoms with Gasteiger partial charge in [-0.2, -0.15) is 9.97 Å². The van der Waals surface area contributed by atoms with Crippen molar-refractivity contribution in [2.24, 2.45) is 0 Å². The highest BCUT2D eigenvalue weighted by molar-refractivity contribution is 5.65. The lowest BCUT2D eigenvalue weighted by atomic mass is 10.3. The molecule has 4 heteroatoms. The van der Waals surface area contributed by atoms with E-state index >= 15 is 0 Å². The minimum atomic E-state index is -0.209. The Morgan fingerprint density at radius 3 is 1.88 bits per heavy atom. The first-order chi connectivity index (χ1) is 8.25. The van der Waals surface area contributed by atoms with E-state index in [-0.39, 0.29) is 17.7 Å². The van der Waals surface area contributed by atoms with Gasteiger partial charge in [-0.15, -0.1) is 0 Å². The molecular formula is C13H10N2O2. The van der Waals surface area contributed by atoms with Crippen molar-refractivity contribution in [3.8, 4) is 11.8 Å². The van der Waals surface area contributed by atoms with Crippen molar-refractivity contribution in [3.05, 3.63) is 59.5 Å². The molecule has 4 nitrogen and oxygen atoms in total. The molecule has 1 saturated carbocycles. The zero-order valence-electron chi connectivity index (χ0n) is 8.91. The van der Waals surface area contributed by atoms with Crippen LogP contribution in [-0.4, -0.2) is 20.2 Å². The lowest BCUT2D eigenvalue weighted by Gasteiger charge is -1.97. The Kier molecular flexibility index (Phi) is 2.08. The van der Waals surface area contributed by atoms with Gasteiger partial charge in [0.1, 0.15) is 5.82 Å². The maximum Gasteiger partial charge on any atom is 0.218 e. The summed E-state index contributed by atoms with van der Waals surface area (Å²) in [6.45, 7) is 0. The molecule has 0 radical (unpaired) electrons. The summed E-state index contributed by atoms with van der Waals surface area (Å²) in [5.74, 6) is 0.00205. The summed E-state index contributed by atoms with van der Waals surface area (Å²) >= 11 is 0. The lowest BCUT2D eigenvalue weighted by molar-refractivity contribution is 0.417. The van der Waals surface area contributed by atoms with E-state index < -0.39 is 0 Å². The largest absolute Gasteiger partial charge is 0.493 e. The Bertz CT molecular complexity index is 549. The van der Waals surface area contributed by atoms with Crippen molar-refractivity contribution in [1.29, 1.82) is 0 Å². The van der Waals surface area contributed by atoms with Crippen LogP contribution in [0, 0.1) is 0 Å².